The van der Waals surface area contributed by atoms with Crippen LogP contribution < -0.4 is 5.56 Å². The second kappa shape index (κ2) is 10.4. The smallest absolute Gasteiger partial charge is 0.258 e. The fourth-order valence-electron chi connectivity index (χ4n) is 5.23. The van der Waals surface area contributed by atoms with Crippen molar-refractivity contribution >= 4 is 16.8 Å². The lowest BCUT2D eigenvalue weighted by atomic mass is 9.83. The van der Waals surface area contributed by atoms with E-state index in [1.54, 1.807) is 13.2 Å². The minimum atomic E-state index is -0.149. The van der Waals surface area contributed by atoms with E-state index in [0.717, 1.165) is 6.54 Å². The van der Waals surface area contributed by atoms with Gasteiger partial charge in [-0.2, -0.15) is 0 Å². The number of benzene rings is 1. The molecule has 4 rings (SSSR count). The molecule has 2 fully saturated rings. The summed E-state index contributed by atoms with van der Waals surface area (Å²) in [5, 5.41) is 0.577. The van der Waals surface area contributed by atoms with E-state index in [2.05, 4.69) is 14.9 Å². The van der Waals surface area contributed by atoms with Crippen LogP contribution in [0.15, 0.2) is 29.1 Å². The van der Waals surface area contributed by atoms with Crippen LogP contribution in [0.2, 0.25) is 0 Å². The zero-order valence-corrected chi connectivity index (χ0v) is 18.5. The predicted molar refractivity (Wildman–Crippen MR) is 121 cm³/mol. The van der Waals surface area contributed by atoms with E-state index in [0.29, 0.717) is 54.7 Å². The first-order valence-corrected chi connectivity index (χ1v) is 11.6. The van der Waals surface area contributed by atoms with Crippen molar-refractivity contribution < 1.29 is 9.53 Å². The second-order valence-electron chi connectivity index (χ2n) is 8.86. The molecular weight excluding hydrogens is 392 g/mol. The highest BCUT2D eigenvalue weighted by Gasteiger charge is 2.34. The van der Waals surface area contributed by atoms with E-state index in [1.807, 2.05) is 23.1 Å². The van der Waals surface area contributed by atoms with Crippen LogP contribution in [0.3, 0.4) is 0 Å². The van der Waals surface area contributed by atoms with Gasteiger partial charge in [-0.25, -0.2) is 4.98 Å². The number of rotatable bonds is 8. The number of para-hydroxylation sites is 1. The number of aromatic amines is 1. The van der Waals surface area contributed by atoms with E-state index in [1.165, 1.54) is 45.2 Å². The quantitative estimate of drug-likeness (QED) is 0.702. The number of fused-ring (bicyclic) bond motifs is 2. The number of nitrogens with one attached hydrogen (secondary N) is 1. The van der Waals surface area contributed by atoms with Gasteiger partial charge in [0.15, 0.2) is 0 Å². The molecule has 31 heavy (non-hydrogen) atoms. The Hall–Kier alpha value is -2.25. The summed E-state index contributed by atoms with van der Waals surface area (Å²) >= 11 is 0. The summed E-state index contributed by atoms with van der Waals surface area (Å²) in [6.07, 6.45) is 7.03. The van der Waals surface area contributed by atoms with Gasteiger partial charge < -0.3 is 19.5 Å². The lowest BCUT2D eigenvalue weighted by molar-refractivity contribution is -0.133. The number of aryl methyl sites for hydroxylation is 1. The predicted octanol–water partition coefficient (Wildman–Crippen LogP) is 2.60. The molecule has 0 saturated carbocycles. The van der Waals surface area contributed by atoms with Gasteiger partial charge >= 0.3 is 0 Å². The molecule has 2 saturated heterocycles. The molecule has 1 N–H and O–H groups in total. The molecule has 7 heteroatoms. The van der Waals surface area contributed by atoms with Gasteiger partial charge in [-0.05, 0) is 56.8 Å². The fourth-order valence-corrected chi connectivity index (χ4v) is 5.23. The molecule has 0 bridgehead atoms. The Bertz CT molecular complexity index is 942. The normalized spacial score (nSPS) is 21.7. The Morgan fingerprint density at radius 2 is 2.06 bits per heavy atom. The lowest BCUT2D eigenvalue weighted by Gasteiger charge is -2.45. The Morgan fingerprint density at radius 1 is 1.23 bits per heavy atom. The number of H-pyrrole nitrogens is 1. The number of hydrogen-bond donors (Lipinski definition) is 1. The average Bonchev–Trinajstić information content (AvgIpc) is 2.80. The highest BCUT2D eigenvalue weighted by Crippen LogP contribution is 2.31. The molecule has 1 amide bonds. The van der Waals surface area contributed by atoms with Crippen molar-refractivity contribution in [3.8, 4) is 0 Å². The van der Waals surface area contributed by atoms with Crippen molar-refractivity contribution in [3.63, 3.8) is 0 Å². The van der Waals surface area contributed by atoms with Gasteiger partial charge in [0, 0.05) is 39.1 Å². The monoisotopic (exact) mass is 426 g/mol. The summed E-state index contributed by atoms with van der Waals surface area (Å²) in [7, 11) is 1.68. The van der Waals surface area contributed by atoms with Gasteiger partial charge in [0.05, 0.1) is 17.5 Å². The summed E-state index contributed by atoms with van der Waals surface area (Å²) in [6, 6.07) is 7.91. The number of carbonyl (C=O) groups is 1. The van der Waals surface area contributed by atoms with Crippen LogP contribution in [0.5, 0.6) is 0 Å². The third kappa shape index (κ3) is 5.33. The third-order valence-electron chi connectivity index (χ3n) is 6.84. The van der Waals surface area contributed by atoms with Crippen molar-refractivity contribution in [3.05, 3.63) is 40.4 Å². The van der Waals surface area contributed by atoms with Crippen molar-refractivity contribution in [1.82, 2.24) is 19.8 Å². The summed E-state index contributed by atoms with van der Waals surface area (Å²) in [5.74, 6) is 1.22. The molecule has 1 aromatic heterocycles. The topological polar surface area (TPSA) is 78.5 Å². The summed E-state index contributed by atoms with van der Waals surface area (Å²) in [4.78, 5) is 37.4. The number of carbonyl (C=O) groups excluding carboxylic acids is 1. The molecule has 168 valence electrons. The van der Waals surface area contributed by atoms with Gasteiger partial charge in [0.25, 0.3) is 5.56 Å². The molecule has 0 unspecified atom stereocenters. The van der Waals surface area contributed by atoms with Gasteiger partial charge in [0.2, 0.25) is 5.91 Å². The highest BCUT2D eigenvalue weighted by atomic mass is 16.5. The number of piperidine rings is 2. The SMILES string of the molecule is COCCN(C[C@H]1CCCN2CCCC[C@H]12)C(=O)CCc1nc2ccccc2c(=O)[nH]1. The summed E-state index contributed by atoms with van der Waals surface area (Å²) < 4.78 is 5.28. The van der Waals surface area contributed by atoms with Crippen LogP contribution in [0.25, 0.3) is 10.9 Å². The van der Waals surface area contributed by atoms with Crippen LogP contribution in [-0.4, -0.2) is 71.6 Å². The van der Waals surface area contributed by atoms with Crippen molar-refractivity contribution in [1.29, 1.82) is 0 Å². The van der Waals surface area contributed by atoms with Gasteiger partial charge in [-0.15, -0.1) is 0 Å². The maximum absolute atomic E-state index is 13.1. The number of nitrogens with zero attached hydrogens (tertiary/aromatic N) is 3. The molecule has 7 nitrogen and oxygen atoms in total. The largest absolute Gasteiger partial charge is 0.383 e. The number of hydrogen-bond acceptors (Lipinski definition) is 5. The number of amides is 1. The molecule has 3 heterocycles. The summed E-state index contributed by atoms with van der Waals surface area (Å²) in [6.45, 7) is 4.35. The first-order valence-electron chi connectivity index (χ1n) is 11.6. The standard InChI is InChI=1S/C24H34N4O3/c1-31-16-15-28(17-18-7-6-14-27-13-5-4-10-21(18)27)23(29)12-11-22-25-20-9-3-2-8-19(20)24(30)26-22/h2-3,8-9,18,21H,4-7,10-17H2,1H3,(H,25,26,30)/t18-,21-/m1/s1. The Labute approximate surface area is 183 Å². The third-order valence-corrected chi connectivity index (χ3v) is 6.84. The molecule has 2 atom stereocenters. The zero-order valence-electron chi connectivity index (χ0n) is 18.5. The van der Waals surface area contributed by atoms with E-state index < -0.39 is 0 Å². The van der Waals surface area contributed by atoms with Crippen LogP contribution >= 0.6 is 0 Å². The average molecular weight is 427 g/mol. The van der Waals surface area contributed by atoms with E-state index in [9.17, 15) is 9.59 Å². The molecular formula is C24H34N4O3. The van der Waals surface area contributed by atoms with E-state index in [-0.39, 0.29) is 11.5 Å². The molecule has 2 aliphatic rings. The first-order chi connectivity index (χ1) is 15.2. The molecule has 2 aromatic rings. The molecule has 2 aliphatic heterocycles. The fraction of sp³-hybridized carbons (Fsp3) is 0.625. The van der Waals surface area contributed by atoms with Crippen LogP contribution in [0, 0.1) is 5.92 Å². The van der Waals surface area contributed by atoms with Crippen LogP contribution in [0.1, 0.15) is 44.3 Å². The Morgan fingerprint density at radius 3 is 2.94 bits per heavy atom. The second-order valence-corrected chi connectivity index (χ2v) is 8.86. The van der Waals surface area contributed by atoms with Gasteiger partial charge in [0.1, 0.15) is 5.82 Å². The minimum absolute atomic E-state index is 0.112. The van der Waals surface area contributed by atoms with E-state index >= 15 is 0 Å². The van der Waals surface area contributed by atoms with Gasteiger partial charge in [-0.1, -0.05) is 18.6 Å². The van der Waals surface area contributed by atoms with Crippen molar-refractivity contribution in [2.75, 3.05) is 39.9 Å². The maximum atomic E-state index is 13.1. The lowest BCUT2D eigenvalue weighted by Crippen LogP contribution is -2.52. The number of methoxy groups -OCH3 is 1. The van der Waals surface area contributed by atoms with E-state index in [4.69, 9.17) is 4.74 Å². The molecule has 0 aliphatic carbocycles. The van der Waals surface area contributed by atoms with Gasteiger partial charge in [-0.3, -0.25) is 9.59 Å². The first kappa shape index (κ1) is 22.0. The highest BCUT2D eigenvalue weighted by molar-refractivity contribution is 5.78. The van der Waals surface area contributed by atoms with Crippen molar-refractivity contribution in [2.45, 2.75) is 51.0 Å². The van der Waals surface area contributed by atoms with Crippen LogP contribution in [-0.2, 0) is 16.0 Å². The Balaban J connectivity index is 1.41. The maximum Gasteiger partial charge on any atom is 0.258 e. The number of aromatic nitrogens is 2. The molecule has 0 radical (unpaired) electrons. The molecule has 0 spiro atoms. The number of ether oxygens (including phenoxy) is 1. The van der Waals surface area contributed by atoms with Crippen LogP contribution in [0.4, 0.5) is 0 Å². The minimum Gasteiger partial charge on any atom is -0.383 e. The van der Waals surface area contributed by atoms with Crippen molar-refractivity contribution in [2.24, 2.45) is 5.92 Å². The molecule has 1 aromatic carbocycles. The Kier molecular flexibility index (Phi) is 7.35. The summed E-state index contributed by atoms with van der Waals surface area (Å²) in [5.41, 5.74) is 0.522. The zero-order chi connectivity index (χ0) is 21.6.